The van der Waals surface area contributed by atoms with Crippen molar-refractivity contribution in [3.63, 3.8) is 0 Å². The number of carboxylic acids is 5. The van der Waals surface area contributed by atoms with Gasteiger partial charge in [-0.1, -0.05) is 12.8 Å². The Labute approximate surface area is 249 Å². The standard InChI is InChI=1S/2C6H14N2O2.2C4H9NO3.C3H7NO3/c2*7-4-2-1-3-5(8)6(9)10;2*1-2(6)3(5)4(7)8;4-2(1-5)3(6)7/h2*5H,1-4,7-8H2,(H,9,10);2*2-3,6H,5H2,1H3,(H,7,8);2,5H,1,4H2,(H,6,7)/t2*5-;2*2-,3+;2-/m10110/s1. The van der Waals surface area contributed by atoms with Gasteiger partial charge in [-0.2, -0.15) is 0 Å². The topological polar surface area (TPSA) is 429 Å². The molecule has 0 aromatic rings. The van der Waals surface area contributed by atoms with Gasteiger partial charge in [0, 0.05) is 0 Å². The number of hydrogen-bond acceptors (Lipinski definition) is 15. The Hall–Kier alpha value is -3.05. The van der Waals surface area contributed by atoms with Gasteiger partial charge in [0.2, 0.25) is 0 Å². The van der Waals surface area contributed by atoms with Crippen molar-refractivity contribution in [2.75, 3.05) is 19.7 Å². The van der Waals surface area contributed by atoms with Crippen LogP contribution in [-0.4, -0.2) is 133 Å². The average Bonchev–Trinajstić information content (AvgIpc) is 2.92. The van der Waals surface area contributed by atoms with Crippen molar-refractivity contribution in [2.24, 2.45) is 40.1 Å². The molecule has 0 aromatic heterocycles. The Morgan fingerprint density at radius 2 is 0.767 bits per heavy atom. The first-order chi connectivity index (χ1) is 19.6. The minimum absolute atomic E-state index is 0.505. The number of carboxylic acid groups (broad SMARTS) is 5. The van der Waals surface area contributed by atoms with E-state index >= 15 is 0 Å². The number of aliphatic carboxylic acids is 5. The molecule has 0 unspecified atom stereocenters. The summed E-state index contributed by atoms with van der Waals surface area (Å²) in [6, 6.07) is -4.87. The lowest BCUT2D eigenvalue weighted by Gasteiger charge is -2.07. The second kappa shape index (κ2) is 31.9. The van der Waals surface area contributed by atoms with Crippen molar-refractivity contribution in [2.45, 2.75) is 94.8 Å². The van der Waals surface area contributed by atoms with Gasteiger partial charge in [-0.05, 0) is 52.6 Å². The number of rotatable bonds is 16. The van der Waals surface area contributed by atoms with E-state index in [1.807, 2.05) is 0 Å². The molecule has 43 heavy (non-hydrogen) atoms. The van der Waals surface area contributed by atoms with E-state index in [1.165, 1.54) is 13.8 Å². The number of nitrogens with two attached hydrogens (primary N) is 7. The molecule has 0 saturated heterocycles. The molecule has 0 radical (unpaired) electrons. The normalized spacial score (nSPS) is 14.7. The molecule has 20 heteroatoms. The van der Waals surface area contributed by atoms with Crippen LogP contribution in [-0.2, 0) is 24.0 Å². The van der Waals surface area contributed by atoms with E-state index in [0.29, 0.717) is 25.9 Å². The van der Waals surface area contributed by atoms with E-state index in [-0.39, 0.29) is 0 Å². The van der Waals surface area contributed by atoms with Crippen LogP contribution in [0.5, 0.6) is 0 Å². The van der Waals surface area contributed by atoms with Crippen LogP contribution in [0.15, 0.2) is 0 Å². The maximum absolute atomic E-state index is 10.1. The molecule has 0 aliphatic rings. The number of unbranched alkanes of at least 4 members (excludes halogenated alkanes) is 2. The van der Waals surface area contributed by atoms with E-state index < -0.39 is 78.9 Å². The molecule has 7 atom stereocenters. The Kier molecular flexibility index (Phi) is 36.8. The zero-order valence-corrected chi connectivity index (χ0v) is 24.6. The summed E-state index contributed by atoms with van der Waals surface area (Å²) in [6.07, 6.45) is 2.37. The summed E-state index contributed by atoms with van der Waals surface area (Å²) in [5, 5.41) is 65.7. The van der Waals surface area contributed by atoms with Crippen molar-refractivity contribution in [1.82, 2.24) is 0 Å². The summed E-state index contributed by atoms with van der Waals surface area (Å²) in [5.41, 5.74) is 35.4. The zero-order chi connectivity index (χ0) is 35.3. The average molecular weight is 636 g/mol. The fourth-order valence-electron chi connectivity index (χ4n) is 1.75. The van der Waals surface area contributed by atoms with Gasteiger partial charge in [0.05, 0.1) is 18.8 Å². The minimum Gasteiger partial charge on any atom is -0.480 e. The fourth-order valence-corrected chi connectivity index (χ4v) is 1.75. The molecule has 0 heterocycles. The second-order valence-corrected chi connectivity index (χ2v) is 8.79. The Morgan fingerprint density at radius 1 is 0.512 bits per heavy atom. The molecule has 0 rings (SSSR count). The zero-order valence-electron chi connectivity index (χ0n) is 24.6. The van der Waals surface area contributed by atoms with E-state index in [1.54, 1.807) is 0 Å². The van der Waals surface area contributed by atoms with Crippen LogP contribution in [0, 0.1) is 0 Å². The summed E-state index contributed by atoms with van der Waals surface area (Å²) in [6.45, 7) is 3.37. The van der Waals surface area contributed by atoms with E-state index in [9.17, 15) is 24.0 Å². The lowest BCUT2D eigenvalue weighted by atomic mass is 10.1. The minimum atomic E-state index is -1.18. The maximum Gasteiger partial charge on any atom is 0.323 e. The molecule has 22 N–H and O–H groups in total. The van der Waals surface area contributed by atoms with Crippen LogP contribution in [0.25, 0.3) is 0 Å². The van der Waals surface area contributed by atoms with Crippen molar-refractivity contribution in [3.05, 3.63) is 0 Å². The van der Waals surface area contributed by atoms with Crippen LogP contribution in [0.1, 0.15) is 52.4 Å². The summed E-state index contributed by atoms with van der Waals surface area (Å²) < 4.78 is 0. The van der Waals surface area contributed by atoms with Crippen LogP contribution in [0.4, 0.5) is 0 Å². The first-order valence-electron chi connectivity index (χ1n) is 12.9. The molecule has 0 spiro atoms. The monoisotopic (exact) mass is 635 g/mol. The predicted octanol–water partition coefficient (Wildman–Crippen LogP) is -5.00. The molecule has 258 valence electrons. The lowest BCUT2D eigenvalue weighted by Crippen LogP contribution is -2.39. The van der Waals surface area contributed by atoms with Crippen molar-refractivity contribution in [1.29, 1.82) is 0 Å². The first-order valence-corrected chi connectivity index (χ1v) is 12.9. The van der Waals surface area contributed by atoms with Gasteiger partial charge in [-0.15, -0.1) is 0 Å². The smallest absolute Gasteiger partial charge is 0.323 e. The summed E-state index contributed by atoms with van der Waals surface area (Å²) in [7, 11) is 0. The van der Waals surface area contributed by atoms with Crippen molar-refractivity contribution < 1.29 is 64.8 Å². The van der Waals surface area contributed by atoms with E-state index in [4.69, 9.17) is 81.0 Å². The molecule has 0 bridgehead atoms. The number of aliphatic hydroxyl groups is 3. The Balaban J connectivity index is -0.000000141. The van der Waals surface area contributed by atoms with Crippen LogP contribution in [0.2, 0.25) is 0 Å². The number of aliphatic hydroxyl groups excluding tert-OH is 3. The second-order valence-electron chi connectivity index (χ2n) is 8.79. The SMILES string of the molecule is C[C@@H](O)[C@H](N)C(=O)O.C[C@@H](O)[C@H](N)C(=O)O.NCCCC[C@@H](N)C(=O)O.NCCCC[C@H](N)C(=O)O.N[C@@H](CO)C(=O)O. The third-order valence-electron chi connectivity index (χ3n) is 4.70. The number of hydrogen-bond donors (Lipinski definition) is 15. The quantitative estimate of drug-likeness (QED) is 0.0705. The van der Waals surface area contributed by atoms with Crippen LogP contribution >= 0.6 is 0 Å². The van der Waals surface area contributed by atoms with Gasteiger partial charge in [0.15, 0.2) is 0 Å². The highest BCUT2D eigenvalue weighted by atomic mass is 16.4. The molecular formula is C23H53N7O13. The van der Waals surface area contributed by atoms with Gasteiger partial charge in [0.25, 0.3) is 0 Å². The molecular weight excluding hydrogens is 582 g/mol. The molecule has 0 aromatic carbocycles. The van der Waals surface area contributed by atoms with Gasteiger partial charge in [-0.3, -0.25) is 24.0 Å². The van der Waals surface area contributed by atoms with Crippen LogP contribution in [0.3, 0.4) is 0 Å². The fraction of sp³-hybridized carbons (Fsp3) is 0.783. The van der Waals surface area contributed by atoms with E-state index in [0.717, 1.165) is 25.7 Å². The summed E-state index contributed by atoms with van der Waals surface area (Å²) >= 11 is 0. The Bertz CT molecular complexity index is 696. The highest BCUT2D eigenvalue weighted by molar-refractivity contribution is 5.74. The van der Waals surface area contributed by atoms with Gasteiger partial charge >= 0.3 is 29.8 Å². The molecule has 0 aliphatic heterocycles. The van der Waals surface area contributed by atoms with Crippen molar-refractivity contribution in [3.8, 4) is 0 Å². The number of carbonyl (C=O) groups is 5. The maximum atomic E-state index is 10.1. The third kappa shape index (κ3) is 39.0. The first kappa shape index (κ1) is 49.6. The molecule has 0 fully saturated rings. The summed E-state index contributed by atoms with van der Waals surface area (Å²) in [5.74, 6) is -5.41. The molecule has 0 saturated carbocycles. The van der Waals surface area contributed by atoms with E-state index in [2.05, 4.69) is 0 Å². The molecule has 20 nitrogen and oxygen atoms in total. The summed E-state index contributed by atoms with van der Waals surface area (Å²) in [4.78, 5) is 49.6. The lowest BCUT2D eigenvalue weighted by molar-refractivity contribution is -0.141. The predicted molar refractivity (Wildman–Crippen MR) is 154 cm³/mol. The Morgan fingerprint density at radius 3 is 0.860 bits per heavy atom. The van der Waals surface area contributed by atoms with Gasteiger partial charge < -0.3 is 81.0 Å². The molecule has 0 aliphatic carbocycles. The highest BCUT2D eigenvalue weighted by Gasteiger charge is 2.17. The van der Waals surface area contributed by atoms with Crippen molar-refractivity contribution >= 4 is 29.8 Å². The van der Waals surface area contributed by atoms with Crippen LogP contribution < -0.4 is 40.1 Å². The van der Waals surface area contributed by atoms with Gasteiger partial charge in [0.1, 0.15) is 30.2 Å². The highest BCUT2D eigenvalue weighted by Crippen LogP contribution is 1.97. The largest absolute Gasteiger partial charge is 0.480 e. The van der Waals surface area contributed by atoms with Gasteiger partial charge in [-0.25, -0.2) is 0 Å². The third-order valence-corrected chi connectivity index (χ3v) is 4.70. The molecule has 0 amide bonds.